The molecule has 0 fully saturated rings. The van der Waals surface area contributed by atoms with Crippen LogP contribution < -0.4 is 10.1 Å². The summed E-state index contributed by atoms with van der Waals surface area (Å²) >= 11 is 0. The average Bonchev–Trinajstić information content (AvgIpc) is 3.07. The van der Waals surface area contributed by atoms with E-state index in [-0.39, 0.29) is 17.4 Å². The highest BCUT2D eigenvalue weighted by atomic mass is 19.1. The molecule has 1 N–H and O–H groups in total. The van der Waals surface area contributed by atoms with E-state index in [0.717, 1.165) is 6.07 Å². The number of rotatable bonds is 6. The summed E-state index contributed by atoms with van der Waals surface area (Å²) in [5, 5.41) is 2.60. The van der Waals surface area contributed by atoms with Gasteiger partial charge in [-0.15, -0.1) is 0 Å². The SMILES string of the molecule is COc1ccc(C(=O)OCC(=O)N[C@@H](C)c2ccco2)c(F)c1. The lowest BCUT2D eigenvalue weighted by Crippen LogP contribution is -2.31. The Bertz CT molecular complexity index is 684. The third kappa shape index (κ3) is 4.32. The first-order valence-electron chi connectivity index (χ1n) is 6.84. The van der Waals surface area contributed by atoms with Gasteiger partial charge in [-0.25, -0.2) is 9.18 Å². The molecule has 0 bridgehead atoms. The summed E-state index contributed by atoms with van der Waals surface area (Å²) in [6, 6.07) is 6.77. The van der Waals surface area contributed by atoms with Gasteiger partial charge in [-0.1, -0.05) is 0 Å². The van der Waals surface area contributed by atoms with Crippen molar-refractivity contribution in [3.05, 3.63) is 53.7 Å². The van der Waals surface area contributed by atoms with Gasteiger partial charge in [-0.05, 0) is 31.2 Å². The summed E-state index contributed by atoms with van der Waals surface area (Å²) < 4.78 is 28.5. The van der Waals surface area contributed by atoms with Gasteiger partial charge in [0.15, 0.2) is 6.61 Å². The second-order valence-electron chi connectivity index (χ2n) is 4.73. The molecule has 1 aromatic heterocycles. The molecule has 0 saturated carbocycles. The van der Waals surface area contributed by atoms with Gasteiger partial charge >= 0.3 is 5.97 Å². The molecule has 0 spiro atoms. The second-order valence-corrected chi connectivity index (χ2v) is 4.73. The zero-order chi connectivity index (χ0) is 16.8. The molecule has 2 rings (SSSR count). The fourth-order valence-corrected chi connectivity index (χ4v) is 1.89. The maximum atomic E-state index is 13.7. The van der Waals surface area contributed by atoms with Crippen LogP contribution in [0.25, 0.3) is 0 Å². The van der Waals surface area contributed by atoms with Crippen molar-refractivity contribution in [3.63, 3.8) is 0 Å². The van der Waals surface area contributed by atoms with E-state index in [1.165, 1.54) is 25.5 Å². The fraction of sp³-hybridized carbons (Fsp3) is 0.250. The zero-order valence-electron chi connectivity index (χ0n) is 12.7. The second kappa shape index (κ2) is 7.44. The van der Waals surface area contributed by atoms with Gasteiger partial charge in [-0.2, -0.15) is 0 Å². The van der Waals surface area contributed by atoms with Gasteiger partial charge < -0.3 is 19.2 Å². The first kappa shape index (κ1) is 16.5. The smallest absolute Gasteiger partial charge is 0.341 e. The molecule has 0 aliphatic heterocycles. The standard InChI is InChI=1S/C16H16FNO5/c1-10(14-4-3-7-22-14)18-15(19)9-23-16(20)12-6-5-11(21-2)8-13(12)17/h3-8,10H,9H2,1-2H3,(H,18,19)/t10-/m0/s1. The van der Waals surface area contributed by atoms with Crippen LogP contribution in [-0.4, -0.2) is 25.6 Å². The van der Waals surface area contributed by atoms with E-state index < -0.39 is 24.3 Å². The van der Waals surface area contributed by atoms with Crippen LogP contribution in [-0.2, 0) is 9.53 Å². The van der Waals surface area contributed by atoms with Crippen molar-refractivity contribution in [2.24, 2.45) is 0 Å². The highest BCUT2D eigenvalue weighted by Crippen LogP contribution is 2.17. The molecule has 0 saturated heterocycles. The Morgan fingerprint density at radius 1 is 1.35 bits per heavy atom. The van der Waals surface area contributed by atoms with Crippen molar-refractivity contribution in [2.75, 3.05) is 13.7 Å². The lowest BCUT2D eigenvalue weighted by molar-refractivity contribution is -0.125. The minimum absolute atomic E-state index is 0.266. The van der Waals surface area contributed by atoms with Crippen LogP contribution in [0.3, 0.4) is 0 Å². The summed E-state index contributed by atoms with van der Waals surface area (Å²) in [4.78, 5) is 23.5. The highest BCUT2D eigenvalue weighted by Gasteiger charge is 2.17. The number of ether oxygens (including phenoxy) is 2. The topological polar surface area (TPSA) is 77.8 Å². The maximum Gasteiger partial charge on any atom is 0.341 e. The van der Waals surface area contributed by atoms with Crippen LogP contribution in [0, 0.1) is 5.82 Å². The van der Waals surface area contributed by atoms with E-state index in [0.29, 0.717) is 5.76 Å². The molecule has 6 nitrogen and oxygen atoms in total. The zero-order valence-corrected chi connectivity index (χ0v) is 12.7. The third-order valence-corrected chi connectivity index (χ3v) is 3.08. The molecule has 1 aromatic carbocycles. The summed E-state index contributed by atoms with van der Waals surface area (Å²) in [7, 11) is 1.39. The first-order valence-corrected chi connectivity index (χ1v) is 6.84. The summed E-state index contributed by atoms with van der Waals surface area (Å²) in [5.74, 6) is -1.37. The van der Waals surface area contributed by atoms with Crippen molar-refractivity contribution in [1.29, 1.82) is 0 Å². The van der Waals surface area contributed by atoms with Gasteiger partial charge in [-0.3, -0.25) is 4.79 Å². The number of hydrogen-bond acceptors (Lipinski definition) is 5. The Balaban J connectivity index is 1.87. The lowest BCUT2D eigenvalue weighted by atomic mass is 10.2. The fourth-order valence-electron chi connectivity index (χ4n) is 1.89. The number of carbonyl (C=O) groups is 2. The minimum atomic E-state index is -0.925. The van der Waals surface area contributed by atoms with E-state index in [2.05, 4.69) is 5.32 Å². The number of esters is 1. The molecular weight excluding hydrogens is 305 g/mol. The normalized spacial score (nSPS) is 11.6. The molecule has 7 heteroatoms. The number of halogens is 1. The Hall–Kier alpha value is -2.83. The van der Waals surface area contributed by atoms with Gasteiger partial charge in [0, 0.05) is 6.07 Å². The van der Waals surface area contributed by atoms with Crippen LogP contribution in [0.4, 0.5) is 4.39 Å². The number of benzene rings is 1. The molecule has 2 aromatic rings. The molecule has 0 radical (unpaired) electrons. The number of carbonyl (C=O) groups excluding carboxylic acids is 2. The summed E-state index contributed by atoms with van der Waals surface area (Å²) in [6.45, 7) is 1.21. The van der Waals surface area contributed by atoms with Crippen molar-refractivity contribution >= 4 is 11.9 Å². The molecule has 0 aliphatic carbocycles. The van der Waals surface area contributed by atoms with Gasteiger partial charge in [0.2, 0.25) is 0 Å². The maximum absolute atomic E-state index is 13.7. The molecule has 1 amide bonds. The third-order valence-electron chi connectivity index (χ3n) is 3.08. The molecule has 0 unspecified atom stereocenters. The number of amides is 1. The van der Waals surface area contributed by atoms with E-state index in [4.69, 9.17) is 13.9 Å². The van der Waals surface area contributed by atoms with Crippen LogP contribution >= 0.6 is 0 Å². The van der Waals surface area contributed by atoms with E-state index in [1.807, 2.05) is 0 Å². The molecule has 1 heterocycles. The van der Waals surface area contributed by atoms with Crippen molar-refractivity contribution in [2.45, 2.75) is 13.0 Å². The Kier molecular flexibility index (Phi) is 5.35. The molecular formula is C16H16FNO5. The van der Waals surface area contributed by atoms with Gasteiger partial charge in [0.05, 0.1) is 25.0 Å². The predicted molar refractivity (Wildman–Crippen MR) is 78.5 cm³/mol. The van der Waals surface area contributed by atoms with Gasteiger partial charge in [0.1, 0.15) is 17.3 Å². The summed E-state index contributed by atoms with van der Waals surface area (Å²) in [6.07, 6.45) is 1.49. The van der Waals surface area contributed by atoms with Crippen LogP contribution in [0.5, 0.6) is 5.75 Å². The van der Waals surface area contributed by atoms with Crippen molar-refractivity contribution < 1.29 is 27.9 Å². The first-order chi connectivity index (χ1) is 11.0. The van der Waals surface area contributed by atoms with Crippen molar-refractivity contribution in [3.8, 4) is 5.75 Å². The van der Waals surface area contributed by atoms with E-state index in [1.54, 1.807) is 19.1 Å². The van der Waals surface area contributed by atoms with Gasteiger partial charge in [0.25, 0.3) is 5.91 Å². The predicted octanol–water partition coefficient (Wildman–Crippen LogP) is 2.46. The Labute approximate surface area is 132 Å². The number of methoxy groups -OCH3 is 1. The molecule has 122 valence electrons. The van der Waals surface area contributed by atoms with E-state index >= 15 is 0 Å². The number of nitrogens with one attached hydrogen (secondary N) is 1. The van der Waals surface area contributed by atoms with E-state index in [9.17, 15) is 14.0 Å². The van der Waals surface area contributed by atoms with Crippen LogP contribution in [0.2, 0.25) is 0 Å². The minimum Gasteiger partial charge on any atom is -0.497 e. The highest BCUT2D eigenvalue weighted by molar-refractivity contribution is 5.91. The quantitative estimate of drug-likeness (QED) is 0.827. The summed E-state index contributed by atoms with van der Waals surface area (Å²) in [5.41, 5.74) is -0.266. The number of furan rings is 1. The average molecular weight is 321 g/mol. The molecule has 0 aliphatic rings. The lowest BCUT2D eigenvalue weighted by Gasteiger charge is -2.12. The monoisotopic (exact) mass is 321 g/mol. The van der Waals surface area contributed by atoms with Crippen LogP contribution in [0.15, 0.2) is 41.0 Å². The molecule has 1 atom stereocenters. The molecule has 23 heavy (non-hydrogen) atoms. The Morgan fingerprint density at radius 2 is 2.13 bits per heavy atom. The number of hydrogen-bond donors (Lipinski definition) is 1. The Morgan fingerprint density at radius 3 is 2.74 bits per heavy atom. The van der Waals surface area contributed by atoms with Crippen LogP contribution in [0.1, 0.15) is 29.1 Å². The van der Waals surface area contributed by atoms with Crippen molar-refractivity contribution in [1.82, 2.24) is 5.32 Å². The largest absolute Gasteiger partial charge is 0.497 e.